The molecule has 108 valence electrons. The lowest BCUT2D eigenvalue weighted by molar-refractivity contribution is 0.105. The maximum absolute atomic E-state index is 11.8. The van der Waals surface area contributed by atoms with E-state index in [0.717, 1.165) is 6.42 Å². The molecule has 1 rings (SSSR count). The average Bonchev–Trinajstić information content (AvgIpc) is 2.43. The summed E-state index contributed by atoms with van der Waals surface area (Å²) in [6.07, 6.45) is -0.104. The molecule has 0 amide bonds. The van der Waals surface area contributed by atoms with Crippen molar-refractivity contribution in [3.05, 3.63) is 24.3 Å². The van der Waals surface area contributed by atoms with E-state index in [1.54, 1.807) is 12.1 Å². The zero-order valence-corrected chi connectivity index (χ0v) is 11.7. The number of aliphatic hydroxyl groups is 2. The van der Waals surface area contributed by atoms with Crippen molar-refractivity contribution < 1.29 is 18.6 Å². The summed E-state index contributed by atoms with van der Waals surface area (Å²) in [6.45, 7) is 2.18. The first-order chi connectivity index (χ1) is 8.99. The van der Waals surface area contributed by atoms with Gasteiger partial charge in [0.25, 0.3) is 0 Å². The normalized spacial score (nSPS) is 13.2. The van der Waals surface area contributed by atoms with Crippen LogP contribution in [0.3, 0.4) is 0 Å². The van der Waals surface area contributed by atoms with Crippen LogP contribution in [0.15, 0.2) is 29.2 Å². The third-order valence-electron chi connectivity index (χ3n) is 2.46. The molecule has 0 spiro atoms. The van der Waals surface area contributed by atoms with Gasteiger partial charge in [0.15, 0.2) is 0 Å². The molecule has 0 saturated carbocycles. The minimum Gasteiger partial charge on any atom is -0.394 e. The molecule has 1 aromatic carbocycles. The molecule has 0 aromatic heterocycles. The van der Waals surface area contributed by atoms with E-state index in [4.69, 9.17) is 5.11 Å². The molecular weight excluding hydrogens is 268 g/mol. The second-order valence-electron chi connectivity index (χ2n) is 4.14. The largest absolute Gasteiger partial charge is 0.394 e. The van der Waals surface area contributed by atoms with Gasteiger partial charge in [-0.3, -0.25) is 0 Å². The van der Waals surface area contributed by atoms with Crippen LogP contribution in [0.1, 0.15) is 13.3 Å². The topological polar surface area (TPSA) is 98.7 Å². The highest BCUT2D eigenvalue weighted by Crippen LogP contribution is 2.13. The Bertz CT molecular complexity index is 473. The number of hydrogen-bond acceptors (Lipinski definition) is 5. The fraction of sp³-hybridized carbons (Fsp3) is 0.500. The van der Waals surface area contributed by atoms with Crippen LogP contribution >= 0.6 is 0 Å². The van der Waals surface area contributed by atoms with Crippen LogP contribution in [0.25, 0.3) is 0 Å². The highest BCUT2D eigenvalue weighted by molar-refractivity contribution is 7.89. The van der Waals surface area contributed by atoms with Crippen molar-refractivity contribution in [3.63, 3.8) is 0 Å². The molecular formula is C12H20N2O4S. The van der Waals surface area contributed by atoms with Crippen molar-refractivity contribution in [2.75, 3.05) is 25.0 Å². The van der Waals surface area contributed by atoms with Gasteiger partial charge in [0.05, 0.1) is 17.6 Å². The standard InChI is InChI=1S/C12H20N2O4S/c1-2-7-14-19(17,18)12-5-3-10(4-6-12)13-8-11(16)9-15/h3-6,11,13-16H,2,7-9H2,1H3. The maximum Gasteiger partial charge on any atom is 0.240 e. The first-order valence-electron chi connectivity index (χ1n) is 6.12. The first-order valence-corrected chi connectivity index (χ1v) is 7.60. The van der Waals surface area contributed by atoms with Gasteiger partial charge in [0.1, 0.15) is 0 Å². The third-order valence-corrected chi connectivity index (χ3v) is 3.94. The van der Waals surface area contributed by atoms with Crippen LogP contribution in [0, 0.1) is 0 Å². The number of rotatable bonds is 8. The molecule has 7 heteroatoms. The predicted molar refractivity (Wildman–Crippen MR) is 73.5 cm³/mol. The molecule has 1 unspecified atom stereocenters. The zero-order chi connectivity index (χ0) is 14.3. The summed E-state index contributed by atoms with van der Waals surface area (Å²) in [4.78, 5) is 0.203. The molecule has 0 fully saturated rings. The fourth-order valence-corrected chi connectivity index (χ4v) is 2.51. The Morgan fingerprint density at radius 3 is 2.42 bits per heavy atom. The lowest BCUT2D eigenvalue weighted by atomic mass is 10.3. The average molecular weight is 288 g/mol. The van der Waals surface area contributed by atoms with Crippen LogP contribution in [0.4, 0.5) is 5.69 Å². The molecule has 19 heavy (non-hydrogen) atoms. The summed E-state index contributed by atoms with van der Waals surface area (Å²) in [7, 11) is -3.44. The molecule has 4 N–H and O–H groups in total. The lowest BCUT2D eigenvalue weighted by Crippen LogP contribution is -2.24. The molecule has 1 aromatic rings. The molecule has 6 nitrogen and oxygen atoms in total. The minimum atomic E-state index is -3.44. The van der Waals surface area contributed by atoms with Crippen LogP contribution in [-0.4, -0.2) is 44.4 Å². The maximum atomic E-state index is 11.8. The Morgan fingerprint density at radius 1 is 1.26 bits per heavy atom. The van der Waals surface area contributed by atoms with E-state index in [9.17, 15) is 13.5 Å². The van der Waals surface area contributed by atoms with Crippen molar-refractivity contribution in [2.45, 2.75) is 24.3 Å². The first kappa shape index (κ1) is 15.9. The lowest BCUT2D eigenvalue weighted by Gasteiger charge is -2.11. The van der Waals surface area contributed by atoms with Gasteiger partial charge in [0.2, 0.25) is 10.0 Å². The van der Waals surface area contributed by atoms with Gasteiger partial charge in [-0.1, -0.05) is 6.92 Å². The van der Waals surface area contributed by atoms with Gasteiger partial charge in [-0.25, -0.2) is 13.1 Å². The summed E-state index contributed by atoms with van der Waals surface area (Å²) in [5, 5.41) is 20.7. The highest BCUT2D eigenvalue weighted by atomic mass is 32.2. The van der Waals surface area contributed by atoms with Crippen molar-refractivity contribution in [3.8, 4) is 0 Å². The molecule has 0 radical (unpaired) electrons. The van der Waals surface area contributed by atoms with Gasteiger partial charge in [-0.2, -0.15) is 0 Å². The molecule has 0 saturated heterocycles. The summed E-state index contributed by atoms with van der Waals surface area (Å²) in [6, 6.07) is 6.21. The Morgan fingerprint density at radius 2 is 1.89 bits per heavy atom. The van der Waals surface area contributed by atoms with Crippen molar-refractivity contribution in [1.29, 1.82) is 0 Å². The zero-order valence-electron chi connectivity index (χ0n) is 10.8. The monoisotopic (exact) mass is 288 g/mol. The molecule has 0 aliphatic carbocycles. The Hall–Kier alpha value is -1.15. The molecule has 0 bridgehead atoms. The van der Waals surface area contributed by atoms with E-state index < -0.39 is 16.1 Å². The van der Waals surface area contributed by atoms with Crippen LogP contribution < -0.4 is 10.0 Å². The van der Waals surface area contributed by atoms with Gasteiger partial charge < -0.3 is 15.5 Å². The minimum absolute atomic E-state index is 0.203. The SMILES string of the molecule is CCCNS(=O)(=O)c1ccc(NCC(O)CO)cc1. The summed E-state index contributed by atoms with van der Waals surface area (Å²) in [5.74, 6) is 0. The highest BCUT2D eigenvalue weighted by Gasteiger charge is 2.12. The quantitative estimate of drug-likeness (QED) is 0.545. The van der Waals surface area contributed by atoms with Crippen LogP contribution in [0.2, 0.25) is 0 Å². The number of benzene rings is 1. The predicted octanol–water partition coefficient (Wildman–Crippen LogP) is 0.140. The van der Waals surface area contributed by atoms with Crippen molar-refractivity contribution >= 4 is 15.7 Å². The van der Waals surface area contributed by atoms with E-state index in [1.165, 1.54) is 12.1 Å². The number of aliphatic hydroxyl groups excluding tert-OH is 2. The number of sulfonamides is 1. The van der Waals surface area contributed by atoms with Gasteiger partial charge >= 0.3 is 0 Å². The number of hydrogen-bond donors (Lipinski definition) is 4. The molecule has 0 aliphatic heterocycles. The number of anilines is 1. The van der Waals surface area contributed by atoms with Crippen molar-refractivity contribution in [2.24, 2.45) is 0 Å². The molecule has 0 heterocycles. The van der Waals surface area contributed by atoms with E-state index >= 15 is 0 Å². The van der Waals surface area contributed by atoms with Gasteiger partial charge in [-0.15, -0.1) is 0 Å². The van der Waals surface area contributed by atoms with E-state index in [1.807, 2.05) is 6.92 Å². The van der Waals surface area contributed by atoms with Crippen molar-refractivity contribution in [1.82, 2.24) is 4.72 Å². The summed E-state index contributed by atoms with van der Waals surface area (Å²) >= 11 is 0. The smallest absolute Gasteiger partial charge is 0.240 e. The summed E-state index contributed by atoms with van der Waals surface area (Å²) < 4.78 is 26.1. The van der Waals surface area contributed by atoms with E-state index in [2.05, 4.69) is 10.0 Å². The Labute approximate surface area is 113 Å². The third kappa shape index (κ3) is 5.15. The number of nitrogens with one attached hydrogen (secondary N) is 2. The molecule has 1 atom stereocenters. The molecule has 0 aliphatic rings. The second kappa shape index (κ2) is 7.44. The van der Waals surface area contributed by atoms with Crippen LogP contribution in [0.5, 0.6) is 0 Å². The Kier molecular flexibility index (Phi) is 6.23. The summed E-state index contributed by atoms with van der Waals surface area (Å²) in [5.41, 5.74) is 0.682. The fourth-order valence-electron chi connectivity index (χ4n) is 1.37. The van der Waals surface area contributed by atoms with E-state index in [0.29, 0.717) is 12.2 Å². The van der Waals surface area contributed by atoms with Gasteiger partial charge in [-0.05, 0) is 30.7 Å². The van der Waals surface area contributed by atoms with Gasteiger partial charge in [0, 0.05) is 18.8 Å². The Balaban J connectivity index is 2.65. The van der Waals surface area contributed by atoms with E-state index in [-0.39, 0.29) is 18.0 Å². The van der Waals surface area contributed by atoms with Crippen LogP contribution in [-0.2, 0) is 10.0 Å². The second-order valence-corrected chi connectivity index (χ2v) is 5.91.